The Bertz CT molecular complexity index is 97.1. The van der Waals surface area contributed by atoms with E-state index in [9.17, 15) is 0 Å². The number of aliphatic hydroxyl groups is 1. The van der Waals surface area contributed by atoms with E-state index in [1.807, 2.05) is 7.05 Å². The van der Waals surface area contributed by atoms with Crippen LogP contribution >= 0.6 is 0 Å². The van der Waals surface area contributed by atoms with Gasteiger partial charge >= 0.3 is 0 Å². The molecule has 1 aliphatic rings. The first kappa shape index (κ1) is 6.99. The van der Waals surface area contributed by atoms with Gasteiger partial charge in [0.1, 0.15) is 0 Å². The first-order valence-electron chi connectivity index (χ1n) is 3.30. The summed E-state index contributed by atoms with van der Waals surface area (Å²) in [6, 6.07) is 0.576. The Morgan fingerprint density at radius 2 is 2.44 bits per heavy atom. The molecular formula is C6H14N2O. The highest BCUT2D eigenvalue weighted by Crippen LogP contribution is 2.12. The fraction of sp³-hybridized carbons (Fsp3) is 1.00. The molecule has 9 heavy (non-hydrogen) atoms. The number of likely N-dealkylation sites (tertiary alicyclic amines) is 1. The van der Waals surface area contributed by atoms with Crippen molar-refractivity contribution in [3.05, 3.63) is 0 Å². The summed E-state index contributed by atoms with van der Waals surface area (Å²) >= 11 is 0. The Hall–Kier alpha value is -0.120. The maximum Gasteiger partial charge on any atom is 0.0587 e. The average Bonchev–Trinajstić information content (AvgIpc) is 2.10. The quantitative estimate of drug-likeness (QED) is 0.479. The predicted octanol–water partition coefficient (Wildman–Crippen LogP) is -0.990. The van der Waals surface area contributed by atoms with Gasteiger partial charge in [-0.05, 0) is 13.5 Å². The minimum absolute atomic E-state index is 0.240. The zero-order chi connectivity index (χ0) is 6.85. The van der Waals surface area contributed by atoms with Crippen molar-refractivity contribution in [3.8, 4) is 0 Å². The number of hydrogen-bond acceptors (Lipinski definition) is 3. The normalized spacial score (nSPS) is 37.7. The summed E-state index contributed by atoms with van der Waals surface area (Å²) in [6.45, 7) is 1.16. The molecule has 0 bridgehead atoms. The number of likely N-dealkylation sites (N-methyl/N-ethyl adjacent to an activating group) is 1. The second-order valence-electron chi connectivity index (χ2n) is 2.77. The number of rotatable bonds is 1. The van der Waals surface area contributed by atoms with E-state index in [0.717, 1.165) is 13.0 Å². The summed E-state index contributed by atoms with van der Waals surface area (Å²) in [6.07, 6.45) is 0.938. The van der Waals surface area contributed by atoms with Crippen molar-refractivity contribution in [1.82, 2.24) is 4.90 Å². The fourth-order valence-electron chi connectivity index (χ4n) is 1.34. The van der Waals surface area contributed by atoms with Gasteiger partial charge in [-0.25, -0.2) is 0 Å². The third-order valence-electron chi connectivity index (χ3n) is 1.93. The highest BCUT2D eigenvalue weighted by atomic mass is 16.3. The molecule has 1 fully saturated rings. The fourth-order valence-corrected chi connectivity index (χ4v) is 1.34. The van der Waals surface area contributed by atoms with E-state index in [-0.39, 0.29) is 12.6 Å². The second kappa shape index (κ2) is 2.64. The van der Waals surface area contributed by atoms with Crippen LogP contribution in [0.25, 0.3) is 0 Å². The van der Waals surface area contributed by atoms with E-state index in [0.29, 0.717) is 6.04 Å². The molecule has 1 heterocycles. The van der Waals surface area contributed by atoms with Gasteiger partial charge < -0.3 is 10.8 Å². The van der Waals surface area contributed by atoms with Crippen LogP contribution in [-0.2, 0) is 0 Å². The van der Waals surface area contributed by atoms with Gasteiger partial charge in [-0.15, -0.1) is 0 Å². The Morgan fingerprint density at radius 3 is 2.67 bits per heavy atom. The second-order valence-corrected chi connectivity index (χ2v) is 2.77. The molecule has 0 aromatic heterocycles. The predicted molar refractivity (Wildman–Crippen MR) is 36.1 cm³/mol. The first-order valence-corrected chi connectivity index (χ1v) is 3.30. The molecule has 54 valence electrons. The molecule has 3 heteroatoms. The minimum Gasteiger partial charge on any atom is -0.395 e. The van der Waals surface area contributed by atoms with E-state index < -0.39 is 0 Å². The van der Waals surface area contributed by atoms with Gasteiger partial charge in [-0.1, -0.05) is 0 Å². The van der Waals surface area contributed by atoms with Crippen LogP contribution in [0.2, 0.25) is 0 Å². The summed E-state index contributed by atoms with van der Waals surface area (Å²) in [5.74, 6) is 0. The lowest BCUT2D eigenvalue weighted by Crippen LogP contribution is -2.28. The van der Waals surface area contributed by atoms with Crippen LogP contribution in [0, 0.1) is 0 Å². The first-order chi connectivity index (χ1) is 4.24. The van der Waals surface area contributed by atoms with Crippen LogP contribution in [0.3, 0.4) is 0 Å². The number of nitrogens with two attached hydrogens (primary N) is 1. The lowest BCUT2D eigenvalue weighted by atomic mass is 10.2. The summed E-state index contributed by atoms with van der Waals surface area (Å²) in [4.78, 5) is 2.10. The van der Waals surface area contributed by atoms with Gasteiger partial charge in [0.05, 0.1) is 6.61 Å². The molecular weight excluding hydrogens is 116 g/mol. The number of hydrogen-bond donors (Lipinski definition) is 2. The Balaban J connectivity index is 2.38. The van der Waals surface area contributed by atoms with E-state index >= 15 is 0 Å². The zero-order valence-electron chi connectivity index (χ0n) is 5.75. The van der Waals surface area contributed by atoms with Gasteiger partial charge in [-0.3, -0.25) is 4.90 Å². The van der Waals surface area contributed by atoms with Gasteiger partial charge in [0.25, 0.3) is 0 Å². The van der Waals surface area contributed by atoms with Crippen LogP contribution in [0.15, 0.2) is 0 Å². The molecule has 3 nitrogen and oxygen atoms in total. The van der Waals surface area contributed by atoms with Gasteiger partial charge in [0, 0.05) is 18.6 Å². The lowest BCUT2D eigenvalue weighted by Gasteiger charge is -2.14. The monoisotopic (exact) mass is 130 g/mol. The molecule has 2 atom stereocenters. The largest absolute Gasteiger partial charge is 0.395 e. The summed E-state index contributed by atoms with van der Waals surface area (Å²) in [7, 11) is 1.99. The van der Waals surface area contributed by atoms with E-state index in [1.54, 1.807) is 0 Å². The topological polar surface area (TPSA) is 49.5 Å². The molecule has 0 amide bonds. The molecule has 1 rings (SSSR count). The average molecular weight is 130 g/mol. The van der Waals surface area contributed by atoms with Crippen LogP contribution in [0.1, 0.15) is 6.42 Å². The standard InChI is InChI=1S/C6H14N2O/c1-8-3-5(7)2-6(8)4-9/h5-6,9H,2-4,7H2,1H3/t5-,6+/m1/s1. The van der Waals surface area contributed by atoms with Gasteiger partial charge in [0.15, 0.2) is 0 Å². The molecule has 3 N–H and O–H groups in total. The van der Waals surface area contributed by atoms with Gasteiger partial charge in [-0.2, -0.15) is 0 Å². The maximum atomic E-state index is 8.76. The van der Waals surface area contributed by atoms with Crippen molar-refractivity contribution >= 4 is 0 Å². The Kier molecular flexibility index (Phi) is 2.05. The van der Waals surface area contributed by atoms with Crippen LogP contribution in [0.5, 0.6) is 0 Å². The molecule has 0 aromatic rings. The lowest BCUT2D eigenvalue weighted by molar-refractivity contribution is 0.182. The van der Waals surface area contributed by atoms with E-state index in [2.05, 4.69) is 4.90 Å². The highest BCUT2D eigenvalue weighted by Gasteiger charge is 2.25. The molecule has 1 saturated heterocycles. The Labute approximate surface area is 55.5 Å². The van der Waals surface area contributed by atoms with Crippen molar-refractivity contribution in [2.24, 2.45) is 5.73 Å². The van der Waals surface area contributed by atoms with Gasteiger partial charge in [0.2, 0.25) is 0 Å². The molecule has 0 unspecified atom stereocenters. The van der Waals surface area contributed by atoms with Crippen LogP contribution in [0.4, 0.5) is 0 Å². The molecule has 0 radical (unpaired) electrons. The highest BCUT2D eigenvalue weighted by molar-refractivity contribution is 4.84. The molecule has 0 aromatic carbocycles. The number of aliphatic hydroxyl groups excluding tert-OH is 1. The molecule has 0 aliphatic carbocycles. The van der Waals surface area contributed by atoms with Crippen molar-refractivity contribution < 1.29 is 5.11 Å². The summed E-state index contributed by atoms with van der Waals surface area (Å²) < 4.78 is 0. The number of nitrogens with zero attached hydrogens (tertiary/aromatic N) is 1. The van der Waals surface area contributed by atoms with Crippen molar-refractivity contribution in [1.29, 1.82) is 0 Å². The van der Waals surface area contributed by atoms with Crippen molar-refractivity contribution in [2.45, 2.75) is 18.5 Å². The van der Waals surface area contributed by atoms with Crippen molar-refractivity contribution in [2.75, 3.05) is 20.2 Å². The third kappa shape index (κ3) is 1.41. The molecule has 1 aliphatic heterocycles. The molecule has 0 saturated carbocycles. The third-order valence-corrected chi connectivity index (χ3v) is 1.93. The van der Waals surface area contributed by atoms with Crippen molar-refractivity contribution in [3.63, 3.8) is 0 Å². The molecule has 0 spiro atoms. The van der Waals surface area contributed by atoms with Crippen LogP contribution in [-0.4, -0.2) is 42.3 Å². The van der Waals surface area contributed by atoms with E-state index in [4.69, 9.17) is 10.8 Å². The van der Waals surface area contributed by atoms with Crippen LogP contribution < -0.4 is 5.73 Å². The smallest absolute Gasteiger partial charge is 0.0587 e. The summed E-state index contributed by atoms with van der Waals surface area (Å²) in [5, 5.41) is 8.76. The summed E-state index contributed by atoms with van der Waals surface area (Å²) in [5.41, 5.74) is 5.64. The SMILES string of the molecule is CN1C[C@H](N)C[C@H]1CO. The van der Waals surface area contributed by atoms with E-state index in [1.165, 1.54) is 0 Å². The maximum absolute atomic E-state index is 8.76. The minimum atomic E-state index is 0.240. The Morgan fingerprint density at radius 1 is 1.78 bits per heavy atom. The zero-order valence-corrected chi connectivity index (χ0v) is 5.75.